The maximum atomic E-state index is 11.4. The molecule has 0 spiro atoms. The molecule has 1 aromatic carbocycles. The number of hydrogen-bond acceptors (Lipinski definition) is 3. The predicted octanol–water partition coefficient (Wildman–Crippen LogP) is 2.67. The third-order valence-corrected chi connectivity index (χ3v) is 4.02. The molecule has 0 amide bonds. The van der Waals surface area contributed by atoms with Crippen LogP contribution < -0.4 is 0 Å². The van der Waals surface area contributed by atoms with E-state index >= 15 is 0 Å². The Labute approximate surface area is 118 Å². The number of carboxylic acid groups (broad SMARTS) is 1. The van der Waals surface area contributed by atoms with Crippen molar-refractivity contribution < 1.29 is 9.90 Å². The largest absolute Gasteiger partial charge is 0.480 e. The van der Waals surface area contributed by atoms with Crippen LogP contribution in [0.15, 0.2) is 36.7 Å². The van der Waals surface area contributed by atoms with Gasteiger partial charge in [0.25, 0.3) is 0 Å². The topological polar surface area (TPSA) is 53.4 Å². The van der Waals surface area contributed by atoms with Crippen molar-refractivity contribution in [2.24, 2.45) is 0 Å². The summed E-state index contributed by atoms with van der Waals surface area (Å²) in [6.45, 7) is 1.51. The first kappa shape index (κ1) is 13.1. The molecule has 2 aromatic rings. The van der Waals surface area contributed by atoms with Crippen LogP contribution in [0.25, 0.3) is 10.8 Å². The number of carbonyl (C=O) groups is 1. The molecule has 1 fully saturated rings. The number of aromatic nitrogens is 1. The van der Waals surface area contributed by atoms with Crippen molar-refractivity contribution in [2.45, 2.75) is 31.8 Å². The molecule has 0 radical (unpaired) electrons. The lowest BCUT2D eigenvalue weighted by molar-refractivity contribution is -0.144. The Kier molecular flexibility index (Phi) is 3.65. The maximum Gasteiger partial charge on any atom is 0.320 e. The number of rotatable bonds is 3. The van der Waals surface area contributed by atoms with Gasteiger partial charge < -0.3 is 5.11 Å². The summed E-state index contributed by atoms with van der Waals surface area (Å²) >= 11 is 0. The second-order valence-electron chi connectivity index (χ2n) is 5.34. The fraction of sp³-hybridized carbons (Fsp3) is 0.375. The fourth-order valence-corrected chi connectivity index (χ4v) is 2.98. The molecule has 0 bridgehead atoms. The minimum absolute atomic E-state index is 0.359. The van der Waals surface area contributed by atoms with Crippen molar-refractivity contribution in [3.05, 3.63) is 42.2 Å². The Hall–Kier alpha value is -1.94. The zero-order valence-electron chi connectivity index (χ0n) is 11.3. The molecule has 2 heterocycles. The first-order chi connectivity index (χ1) is 9.75. The number of nitrogens with zero attached hydrogens (tertiary/aromatic N) is 2. The van der Waals surface area contributed by atoms with E-state index in [9.17, 15) is 9.90 Å². The van der Waals surface area contributed by atoms with Crippen LogP contribution in [0.1, 0.15) is 24.8 Å². The van der Waals surface area contributed by atoms with Crippen molar-refractivity contribution in [1.82, 2.24) is 9.88 Å². The van der Waals surface area contributed by atoms with Crippen LogP contribution >= 0.6 is 0 Å². The summed E-state index contributed by atoms with van der Waals surface area (Å²) < 4.78 is 0. The minimum atomic E-state index is -0.710. The summed E-state index contributed by atoms with van der Waals surface area (Å²) in [6.07, 6.45) is 6.52. The van der Waals surface area contributed by atoms with Gasteiger partial charge in [0.2, 0.25) is 0 Å². The second-order valence-corrected chi connectivity index (χ2v) is 5.34. The van der Waals surface area contributed by atoms with Crippen molar-refractivity contribution in [2.75, 3.05) is 6.54 Å². The van der Waals surface area contributed by atoms with Gasteiger partial charge in [-0.2, -0.15) is 0 Å². The predicted molar refractivity (Wildman–Crippen MR) is 77.4 cm³/mol. The molecule has 4 heteroatoms. The number of hydrogen-bond donors (Lipinski definition) is 1. The SMILES string of the molecule is O=C(O)C1CCCCN1Cc1cncc2ccccc12. The normalized spacial score (nSPS) is 20.1. The van der Waals surface area contributed by atoms with Crippen LogP contribution in [0.3, 0.4) is 0 Å². The van der Waals surface area contributed by atoms with E-state index < -0.39 is 5.97 Å². The van der Waals surface area contributed by atoms with Gasteiger partial charge in [-0.25, -0.2) is 0 Å². The molecule has 0 saturated carbocycles. The van der Waals surface area contributed by atoms with Gasteiger partial charge in [0.05, 0.1) is 0 Å². The van der Waals surface area contributed by atoms with Crippen molar-refractivity contribution in [3.63, 3.8) is 0 Å². The number of aliphatic carboxylic acids is 1. The van der Waals surface area contributed by atoms with Crippen LogP contribution in [0, 0.1) is 0 Å². The maximum absolute atomic E-state index is 11.4. The third kappa shape index (κ3) is 2.51. The van der Waals surface area contributed by atoms with Crippen molar-refractivity contribution >= 4 is 16.7 Å². The molecule has 1 aromatic heterocycles. The van der Waals surface area contributed by atoms with Crippen LogP contribution in [-0.2, 0) is 11.3 Å². The molecule has 4 nitrogen and oxygen atoms in total. The molecular formula is C16H18N2O2. The lowest BCUT2D eigenvalue weighted by Crippen LogP contribution is -2.44. The number of carboxylic acids is 1. The summed E-state index contributed by atoms with van der Waals surface area (Å²) in [7, 11) is 0. The molecule has 20 heavy (non-hydrogen) atoms. The summed E-state index contributed by atoms with van der Waals surface area (Å²) in [6, 6.07) is 7.76. The van der Waals surface area contributed by atoms with Gasteiger partial charge in [0, 0.05) is 24.3 Å². The molecule has 1 atom stereocenters. The Morgan fingerprint density at radius 2 is 2.15 bits per heavy atom. The molecule has 1 aliphatic rings. The lowest BCUT2D eigenvalue weighted by atomic mass is 10.0. The van der Waals surface area contributed by atoms with Crippen molar-refractivity contribution in [3.8, 4) is 0 Å². The smallest absolute Gasteiger partial charge is 0.320 e. The molecule has 3 rings (SSSR count). The minimum Gasteiger partial charge on any atom is -0.480 e. The van der Waals surface area contributed by atoms with Crippen LogP contribution in [-0.4, -0.2) is 33.5 Å². The molecule has 0 aliphatic carbocycles. The Morgan fingerprint density at radius 3 is 3.00 bits per heavy atom. The first-order valence-electron chi connectivity index (χ1n) is 7.04. The van der Waals surface area contributed by atoms with Crippen molar-refractivity contribution in [1.29, 1.82) is 0 Å². The quantitative estimate of drug-likeness (QED) is 0.931. The van der Waals surface area contributed by atoms with E-state index in [4.69, 9.17) is 0 Å². The fourth-order valence-electron chi connectivity index (χ4n) is 2.98. The van der Waals surface area contributed by atoms with E-state index in [1.54, 1.807) is 0 Å². The first-order valence-corrected chi connectivity index (χ1v) is 7.04. The number of pyridine rings is 1. The zero-order chi connectivity index (χ0) is 13.9. The van der Waals surface area contributed by atoms with E-state index in [0.717, 1.165) is 42.1 Å². The summed E-state index contributed by atoms with van der Waals surface area (Å²) in [5, 5.41) is 11.6. The van der Waals surface area contributed by atoms with E-state index in [2.05, 4.69) is 16.0 Å². The number of benzene rings is 1. The number of piperidine rings is 1. The van der Waals surface area contributed by atoms with Gasteiger partial charge in [-0.1, -0.05) is 30.7 Å². The summed E-state index contributed by atoms with van der Waals surface area (Å²) in [5.41, 5.74) is 1.11. The second kappa shape index (κ2) is 5.59. The molecule has 1 saturated heterocycles. The highest BCUT2D eigenvalue weighted by molar-refractivity contribution is 5.84. The monoisotopic (exact) mass is 270 g/mol. The standard InChI is InChI=1S/C16H18N2O2/c19-16(20)15-7-3-4-8-18(15)11-13-10-17-9-12-5-1-2-6-14(12)13/h1-2,5-6,9-10,15H,3-4,7-8,11H2,(H,19,20). The van der Waals surface area contributed by atoms with E-state index in [0.29, 0.717) is 6.54 Å². The number of fused-ring (bicyclic) bond motifs is 1. The molecule has 1 unspecified atom stereocenters. The van der Waals surface area contributed by atoms with E-state index in [1.807, 2.05) is 30.6 Å². The highest BCUT2D eigenvalue weighted by Gasteiger charge is 2.28. The Morgan fingerprint density at radius 1 is 1.30 bits per heavy atom. The van der Waals surface area contributed by atoms with Gasteiger partial charge in [-0.3, -0.25) is 14.7 Å². The highest BCUT2D eigenvalue weighted by atomic mass is 16.4. The average molecular weight is 270 g/mol. The lowest BCUT2D eigenvalue weighted by Gasteiger charge is -2.33. The summed E-state index contributed by atoms with van der Waals surface area (Å²) in [4.78, 5) is 17.7. The third-order valence-electron chi connectivity index (χ3n) is 4.02. The summed E-state index contributed by atoms with van der Waals surface area (Å²) in [5.74, 6) is -0.710. The van der Waals surface area contributed by atoms with Gasteiger partial charge in [-0.05, 0) is 30.3 Å². The van der Waals surface area contributed by atoms with E-state index in [1.165, 1.54) is 0 Å². The van der Waals surface area contributed by atoms with Gasteiger partial charge >= 0.3 is 5.97 Å². The van der Waals surface area contributed by atoms with Crippen LogP contribution in [0.2, 0.25) is 0 Å². The molecule has 104 valence electrons. The van der Waals surface area contributed by atoms with Crippen LogP contribution in [0.4, 0.5) is 0 Å². The molecule has 1 N–H and O–H groups in total. The van der Waals surface area contributed by atoms with Crippen LogP contribution in [0.5, 0.6) is 0 Å². The average Bonchev–Trinajstić information content (AvgIpc) is 2.48. The van der Waals surface area contributed by atoms with Gasteiger partial charge in [0.15, 0.2) is 0 Å². The molecule has 1 aliphatic heterocycles. The van der Waals surface area contributed by atoms with Gasteiger partial charge in [0.1, 0.15) is 6.04 Å². The van der Waals surface area contributed by atoms with Gasteiger partial charge in [-0.15, -0.1) is 0 Å². The Bertz CT molecular complexity index is 621. The highest BCUT2D eigenvalue weighted by Crippen LogP contribution is 2.23. The van der Waals surface area contributed by atoms with E-state index in [-0.39, 0.29) is 6.04 Å². The number of likely N-dealkylation sites (tertiary alicyclic amines) is 1. The Balaban J connectivity index is 1.90. The molecular weight excluding hydrogens is 252 g/mol. The zero-order valence-corrected chi connectivity index (χ0v) is 11.3.